The van der Waals surface area contributed by atoms with Gasteiger partial charge >= 0.3 is 11.1 Å². The van der Waals surface area contributed by atoms with Crippen LogP contribution in [0.3, 0.4) is 0 Å². The van der Waals surface area contributed by atoms with Crippen LogP contribution in [-0.4, -0.2) is 20.4 Å². The molecular weight excluding hydrogens is 296 g/mol. The first-order chi connectivity index (χ1) is 11.1. The highest BCUT2D eigenvalue weighted by molar-refractivity contribution is 5.79. The molecule has 3 rings (SSSR count). The van der Waals surface area contributed by atoms with E-state index in [1.54, 1.807) is 42.7 Å². The van der Waals surface area contributed by atoms with E-state index in [2.05, 4.69) is 15.3 Å². The SMILES string of the molecule is O=C(Cn1c(=O)c(=O)[nH]c2ccccc21)NCc1cccnc1. The Morgan fingerprint density at radius 3 is 2.78 bits per heavy atom. The number of aromatic amines is 1. The van der Waals surface area contributed by atoms with Crippen LogP contribution in [-0.2, 0) is 17.9 Å². The van der Waals surface area contributed by atoms with Gasteiger partial charge in [-0.25, -0.2) is 0 Å². The van der Waals surface area contributed by atoms with Gasteiger partial charge in [-0.05, 0) is 23.8 Å². The first-order valence-corrected chi connectivity index (χ1v) is 7.02. The number of carbonyl (C=O) groups is 1. The van der Waals surface area contributed by atoms with E-state index in [1.165, 1.54) is 4.57 Å². The molecule has 3 aromatic rings. The highest BCUT2D eigenvalue weighted by atomic mass is 16.2. The van der Waals surface area contributed by atoms with Crippen molar-refractivity contribution in [1.29, 1.82) is 0 Å². The second-order valence-corrected chi connectivity index (χ2v) is 5.00. The normalized spacial score (nSPS) is 10.6. The molecule has 0 bridgehead atoms. The lowest BCUT2D eigenvalue weighted by Gasteiger charge is -2.10. The number of hydrogen-bond donors (Lipinski definition) is 2. The summed E-state index contributed by atoms with van der Waals surface area (Å²) in [6.07, 6.45) is 3.29. The van der Waals surface area contributed by atoms with Gasteiger partial charge in [-0.15, -0.1) is 0 Å². The predicted octanol–water partition coefficient (Wildman–Crippen LogP) is 0.401. The number of nitrogens with zero attached hydrogens (tertiary/aromatic N) is 2. The van der Waals surface area contributed by atoms with Crippen LogP contribution < -0.4 is 16.4 Å². The third-order valence-corrected chi connectivity index (χ3v) is 3.40. The highest BCUT2D eigenvalue weighted by Crippen LogP contribution is 2.06. The molecule has 0 aliphatic carbocycles. The molecule has 0 atom stereocenters. The molecule has 1 amide bonds. The Morgan fingerprint density at radius 1 is 1.17 bits per heavy atom. The van der Waals surface area contributed by atoms with Gasteiger partial charge in [0.2, 0.25) is 5.91 Å². The zero-order valence-corrected chi connectivity index (χ0v) is 12.2. The summed E-state index contributed by atoms with van der Waals surface area (Å²) in [5.41, 5.74) is 0.374. The average molecular weight is 310 g/mol. The van der Waals surface area contributed by atoms with E-state index in [0.29, 0.717) is 17.6 Å². The van der Waals surface area contributed by atoms with Gasteiger partial charge in [0.1, 0.15) is 6.54 Å². The fraction of sp³-hybridized carbons (Fsp3) is 0.125. The lowest BCUT2D eigenvalue weighted by atomic mass is 10.3. The van der Waals surface area contributed by atoms with Crippen LogP contribution in [0.1, 0.15) is 5.56 Å². The lowest BCUT2D eigenvalue weighted by Crippen LogP contribution is -2.40. The van der Waals surface area contributed by atoms with E-state index in [1.807, 2.05) is 6.07 Å². The molecule has 0 aliphatic rings. The topological polar surface area (TPSA) is 96.9 Å². The summed E-state index contributed by atoms with van der Waals surface area (Å²) < 4.78 is 1.17. The molecule has 7 heteroatoms. The number of aromatic nitrogens is 3. The number of benzene rings is 1. The summed E-state index contributed by atoms with van der Waals surface area (Å²) >= 11 is 0. The van der Waals surface area contributed by atoms with E-state index in [9.17, 15) is 14.4 Å². The van der Waals surface area contributed by atoms with Gasteiger partial charge in [0.15, 0.2) is 0 Å². The average Bonchev–Trinajstić information content (AvgIpc) is 2.58. The minimum atomic E-state index is -0.750. The van der Waals surface area contributed by atoms with Crippen LogP contribution >= 0.6 is 0 Å². The molecule has 2 heterocycles. The van der Waals surface area contributed by atoms with Gasteiger partial charge in [-0.3, -0.25) is 23.9 Å². The molecule has 0 spiro atoms. The third kappa shape index (κ3) is 3.18. The van der Waals surface area contributed by atoms with E-state index in [0.717, 1.165) is 5.56 Å². The van der Waals surface area contributed by atoms with Gasteiger partial charge in [0.05, 0.1) is 11.0 Å². The highest BCUT2D eigenvalue weighted by Gasteiger charge is 2.10. The molecule has 0 saturated carbocycles. The summed E-state index contributed by atoms with van der Waals surface area (Å²) in [7, 11) is 0. The number of fused-ring (bicyclic) bond motifs is 1. The molecule has 23 heavy (non-hydrogen) atoms. The van der Waals surface area contributed by atoms with Crippen molar-refractivity contribution < 1.29 is 4.79 Å². The Kier molecular flexibility index (Phi) is 4.01. The van der Waals surface area contributed by atoms with Crippen LogP contribution in [0.25, 0.3) is 11.0 Å². The fourth-order valence-electron chi connectivity index (χ4n) is 2.28. The van der Waals surface area contributed by atoms with Crippen LogP contribution in [0.15, 0.2) is 58.4 Å². The monoisotopic (exact) mass is 310 g/mol. The molecule has 0 saturated heterocycles. The zero-order chi connectivity index (χ0) is 16.2. The van der Waals surface area contributed by atoms with E-state index < -0.39 is 11.1 Å². The van der Waals surface area contributed by atoms with Crippen molar-refractivity contribution in [1.82, 2.24) is 19.9 Å². The summed E-state index contributed by atoms with van der Waals surface area (Å²) in [5, 5.41) is 2.71. The van der Waals surface area contributed by atoms with E-state index in [-0.39, 0.29) is 12.5 Å². The third-order valence-electron chi connectivity index (χ3n) is 3.40. The first-order valence-electron chi connectivity index (χ1n) is 7.02. The number of H-pyrrole nitrogens is 1. The smallest absolute Gasteiger partial charge is 0.317 e. The molecule has 0 aliphatic heterocycles. The molecule has 0 unspecified atom stereocenters. The number of amides is 1. The van der Waals surface area contributed by atoms with Crippen molar-refractivity contribution in [2.24, 2.45) is 0 Å². The molecule has 1 aromatic carbocycles. The standard InChI is InChI=1S/C16H14N4O3/c21-14(18-9-11-4-3-7-17-8-11)10-20-13-6-2-1-5-12(13)19-15(22)16(20)23/h1-8H,9-10H2,(H,18,21)(H,19,22). The van der Waals surface area contributed by atoms with E-state index >= 15 is 0 Å². The number of carbonyl (C=O) groups excluding carboxylic acids is 1. The van der Waals surface area contributed by atoms with Gasteiger partial charge in [-0.1, -0.05) is 18.2 Å². The number of pyridine rings is 1. The predicted molar refractivity (Wildman–Crippen MR) is 84.9 cm³/mol. The molecule has 116 valence electrons. The fourth-order valence-corrected chi connectivity index (χ4v) is 2.28. The van der Waals surface area contributed by atoms with E-state index in [4.69, 9.17) is 0 Å². The second kappa shape index (κ2) is 6.27. The van der Waals surface area contributed by atoms with Crippen molar-refractivity contribution >= 4 is 16.9 Å². The first kappa shape index (κ1) is 14.7. The van der Waals surface area contributed by atoms with Crippen molar-refractivity contribution in [3.05, 3.63) is 75.1 Å². The Morgan fingerprint density at radius 2 is 2.00 bits per heavy atom. The van der Waals surface area contributed by atoms with Crippen LogP contribution in [0, 0.1) is 0 Å². The van der Waals surface area contributed by atoms with Crippen molar-refractivity contribution in [2.45, 2.75) is 13.1 Å². The van der Waals surface area contributed by atoms with Crippen LogP contribution in [0.4, 0.5) is 0 Å². The van der Waals surface area contributed by atoms with Gasteiger partial charge in [-0.2, -0.15) is 0 Å². The molecule has 2 aromatic heterocycles. The number of rotatable bonds is 4. The van der Waals surface area contributed by atoms with Crippen molar-refractivity contribution in [3.8, 4) is 0 Å². The van der Waals surface area contributed by atoms with Gasteiger partial charge < -0.3 is 10.3 Å². The quantitative estimate of drug-likeness (QED) is 0.682. The summed E-state index contributed by atoms with van der Waals surface area (Å²) in [4.78, 5) is 42.3. The van der Waals surface area contributed by atoms with Gasteiger partial charge in [0.25, 0.3) is 0 Å². The van der Waals surface area contributed by atoms with Gasteiger partial charge in [0, 0.05) is 18.9 Å². The Hall–Kier alpha value is -3.22. The summed E-state index contributed by atoms with van der Waals surface area (Å²) in [5.74, 6) is -0.355. The summed E-state index contributed by atoms with van der Waals surface area (Å²) in [6, 6.07) is 10.5. The molecule has 7 nitrogen and oxygen atoms in total. The molecule has 2 N–H and O–H groups in total. The maximum atomic E-state index is 12.1. The number of para-hydroxylation sites is 2. The largest absolute Gasteiger partial charge is 0.350 e. The van der Waals surface area contributed by atoms with Crippen molar-refractivity contribution in [2.75, 3.05) is 0 Å². The summed E-state index contributed by atoms with van der Waals surface area (Å²) in [6.45, 7) is 0.0894. The van der Waals surface area contributed by atoms with Crippen molar-refractivity contribution in [3.63, 3.8) is 0 Å². The molecular formula is C16H14N4O3. The van der Waals surface area contributed by atoms with Crippen LogP contribution in [0.5, 0.6) is 0 Å². The molecule has 0 fully saturated rings. The number of hydrogen-bond acceptors (Lipinski definition) is 4. The second-order valence-electron chi connectivity index (χ2n) is 5.00. The maximum absolute atomic E-state index is 12.1. The Balaban J connectivity index is 1.84. The molecule has 0 radical (unpaired) electrons. The Labute approximate surface area is 130 Å². The lowest BCUT2D eigenvalue weighted by molar-refractivity contribution is -0.121. The Bertz CT molecular complexity index is 960. The number of nitrogens with one attached hydrogen (secondary N) is 2. The minimum Gasteiger partial charge on any atom is -0.350 e. The van der Waals surface area contributed by atoms with Crippen LogP contribution in [0.2, 0.25) is 0 Å². The zero-order valence-electron chi connectivity index (χ0n) is 12.2. The maximum Gasteiger partial charge on any atom is 0.317 e. The minimum absolute atomic E-state index is 0.219.